The first-order chi connectivity index (χ1) is 26.8. The zero-order valence-corrected chi connectivity index (χ0v) is 30.8. The van der Waals surface area contributed by atoms with E-state index in [2.05, 4.69) is 15.6 Å². The lowest BCUT2D eigenvalue weighted by Crippen LogP contribution is -2.43. The van der Waals surface area contributed by atoms with Crippen LogP contribution in [0.2, 0.25) is 0 Å². The van der Waals surface area contributed by atoms with Gasteiger partial charge in [-0.25, -0.2) is 4.98 Å². The highest BCUT2D eigenvalue weighted by molar-refractivity contribution is 5.99. The monoisotopic (exact) mass is 741 g/mol. The van der Waals surface area contributed by atoms with Crippen molar-refractivity contribution < 1.29 is 33.1 Å². The van der Waals surface area contributed by atoms with E-state index in [1.54, 1.807) is 54.5 Å². The van der Waals surface area contributed by atoms with Gasteiger partial charge in [-0.15, -0.1) is 0 Å². The largest absolute Gasteiger partial charge is 0.497 e. The average Bonchev–Trinajstić information content (AvgIpc) is 4.01. The molecule has 2 atom stereocenters. The van der Waals surface area contributed by atoms with Gasteiger partial charge in [-0.2, -0.15) is 0 Å². The Labute approximate surface area is 319 Å². The van der Waals surface area contributed by atoms with Crippen molar-refractivity contribution in [1.82, 2.24) is 14.8 Å². The summed E-state index contributed by atoms with van der Waals surface area (Å²) >= 11 is 0. The number of rotatable bonds is 12. The Balaban J connectivity index is 0.921. The fourth-order valence-corrected chi connectivity index (χ4v) is 7.20. The minimum Gasteiger partial charge on any atom is -0.497 e. The lowest BCUT2D eigenvalue weighted by molar-refractivity contribution is -0.136. The Kier molecular flexibility index (Phi) is 11.2. The molecule has 0 radical (unpaired) electrons. The molecule has 4 amide bonds. The second-order valence-electron chi connectivity index (χ2n) is 13.7. The number of nitrogens with one attached hydrogen (secondary N) is 2. The van der Waals surface area contributed by atoms with Crippen LogP contribution in [0.4, 0.5) is 11.4 Å². The maximum Gasteiger partial charge on any atom is 0.247 e. The van der Waals surface area contributed by atoms with Gasteiger partial charge >= 0.3 is 0 Å². The van der Waals surface area contributed by atoms with Crippen molar-refractivity contribution >= 4 is 35.0 Å². The molecule has 282 valence electrons. The van der Waals surface area contributed by atoms with Gasteiger partial charge in [0.1, 0.15) is 23.6 Å². The van der Waals surface area contributed by atoms with E-state index in [-0.39, 0.29) is 36.5 Å². The predicted octanol–water partition coefficient (Wildman–Crippen LogP) is 6.37. The third-order valence-electron chi connectivity index (χ3n) is 10.1. The number of benzene rings is 4. The second kappa shape index (κ2) is 16.7. The number of ether oxygens (including phenoxy) is 2. The second-order valence-corrected chi connectivity index (χ2v) is 13.7. The lowest BCUT2D eigenvalue weighted by atomic mass is 10.1. The van der Waals surface area contributed by atoms with Crippen LogP contribution in [0.15, 0.2) is 108 Å². The first-order valence-electron chi connectivity index (χ1n) is 18.4. The number of aromatic nitrogens is 1. The summed E-state index contributed by atoms with van der Waals surface area (Å²) in [5, 5.41) is 5.93. The number of carbonyl (C=O) groups excluding carboxylic acids is 4. The minimum atomic E-state index is -0.538. The highest BCUT2D eigenvalue weighted by Crippen LogP contribution is 2.29. The number of nitrogens with zero attached hydrogens (tertiary/aromatic N) is 3. The van der Waals surface area contributed by atoms with Gasteiger partial charge in [0.2, 0.25) is 29.5 Å². The number of methoxy groups -OCH3 is 2. The van der Waals surface area contributed by atoms with Crippen LogP contribution in [0.3, 0.4) is 0 Å². The van der Waals surface area contributed by atoms with Gasteiger partial charge in [-0.1, -0.05) is 24.3 Å². The van der Waals surface area contributed by atoms with Gasteiger partial charge in [0.05, 0.1) is 33.3 Å². The molecule has 5 aromatic rings. The molecule has 55 heavy (non-hydrogen) atoms. The molecule has 7 rings (SSSR count). The number of likely N-dealkylation sites (tertiary alicyclic amines) is 2. The van der Waals surface area contributed by atoms with Crippen LogP contribution in [0, 0.1) is 0 Å². The van der Waals surface area contributed by atoms with Crippen molar-refractivity contribution in [2.24, 2.45) is 0 Å². The Morgan fingerprint density at radius 2 is 1.15 bits per heavy atom. The zero-order chi connectivity index (χ0) is 38.3. The summed E-state index contributed by atoms with van der Waals surface area (Å²) in [6.07, 6.45) is 4.77. The molecular formula is C43H43N5O7. The van der Waals surface area contributed by atoms with Gasteiger partial charge < -0.3 is 34.3 Å². The predicted molar refractivity (Wildman–Crippen MR) is 208 cm³/mol. The average molecular weight is 742 g/mol. The van der Waals surface area contributed by atoms with Crippen LogP contribution in [0.1, 0.15) is 36.8 Å². The summed E-state index contributed by atoms with van der Waals surface area (Å²) in [7, 11) is 3.18. The van der Waals surface area contributed by atoms with E-state index in [9.17, 15) is 19.2 Å². The van der Waals surface area contributed by atoms with Crippen LogP contribution in [0.5, 0.6) is 11.5 Å². The number of hydrogen-bond donors (Lipinski definition) is 2. The molecule has 2 saturated heterocycles. The summed E-state index contributed by atoms with van der Waals surface area (Å²) in [4.78, 5) is 60.6. The molecule has 0 bridgehead atoms. The van der Waals surface area contributed by atoms with Crippen molar-refractivity contribution in [1.29, 1.82) is 0 Å². The van der Waals surface area contributed by atoms with Crippen molar-refractivity contribution in [3.05, 3.63) is 114 Å². The summed E-state index contributed by atoms with van der Waals surface area (Å²) in [6.45, 7) is 1.08. The smallest absolute Gasteiger partial charge is 0.247 e. The van der Waals surface area contributed by atoms with E-state index in [1.807, 2.05) is 72.8 Å². The Morgan fingerprint density at radius 3 is 1.62 bits per heavy atom. The molecule has 2 N–H and O–H groups in total. The van der Waals surface area contributed by atoms with Crippen LogP contribution < -0.4 is 20.1 Å². The third kappa shape index (κ3) is 8.70. The van der Waals surface area contributed by atoms with E-state index in [4.69, 9.17) is 13.9 Å². The minimum absolute atomic E-state index is 0.0906. The third-order valence-corrected chi connectivity index (χ3v) is 10.1. The molecule has 1 aromatic heterocycles. The van der Waals surface area contributed by atoms with Gasteiger partial charge in [0, 0.05) is 35.6 Å². The van der Waals surface area contributed by atoms with Crippen LogP contribution in [-0.2, 0) is 32.0 Å². The summed E-state index contributed by atoms with van der Waals surface area (Å²) in [5.74, 6) is 1.72. The summed E-state index contributed by atoms with van der Waals surface area (Å²) in [6, 6.07) is 28.2. The van der Waals surface area contributed by atoms with Crippen molar-refractivity contribution in [2.45, 2.75) is 50.6 Å². The van der Waals surface area contributed by atoms with Crippen molar-refractivity contribution in [3.63, 3.8) is 0 Å². The lowest BCUT2D eigenvalue weighted by Gasteiger charge is -2.24. The number of anilines is 2. The maximum atomic E-state index is 13.3. The Hall–Kier alpha value is -6.43. The molecule has 12 nitrogen and oxygen atoms in total. The molecular weight excluding hydrogens is 699 g/mol. The first-order valence-corrected chi connectivity index (χ1v) is 18.4. The molecule has 12 heteroatoms. The van der Waals surface area contributed by atoms with Gasteiger partial charge in [0.15, 0.2) is 5.76 Å². The van der Waals surface area contributed by atoms with Gasteiger partial charge in [-0.05, 0) is 110 Å². The van der Waals surface area contributed by atoms with E-state index >= 15 is 0 Å². The molecule has 0 aliphatic carbocycles. The van der Waals surface area contributed by atoms with Crippen LogP contribution >= 0.6 is 0 Å². The standard InChI is InChI=1S/C43H43N5O7/c1-53-34-9-3-7-28(23-34)25-39(49)47-21-5-11-36(47)41(51)45-32-17-13-30(14-18-32)38-27-44-43(55-38)31-15-19-33(20-16-31)46-42(52)37-12-6-22-48(37)40(50)26-29-8-4-10-35(24-29)54-2/h3-4,7-10,13-20,23-24,27,36-37H,5-6,11-12,21-22,25-26H2,1-2H3,(H,45,51)(H,46,52)/t36-,37-/m0/s1. The fourth-order valence-electron chi connectivity index (χ4n) is 7.20. The van der Waals surface area contributed by atoms with E-state index in [1.165, 1.54) is 0 Å². The highest BCUT2D eigenvalue weighted by atomic mass is 16.5. The highest BCUT2D eigenvalue weighted by Gasteiger charge is 2.35. The number of amides is 4. The van der Waals surface area contributed by atoms with Crippen molar-refractivity contribution in [2.75, 3.05) is 37.9 Å². The quantitative estimate of drug-likeness (QED) is 0.150. The van der Waals surface area contributed by atoms with E-state index < -0.39 is 12.1 Å². The van der Waals surface area contributed by atoms with Gasteiger partial charge in [-0.3, -0.25) is 19.2 Å². The molecule has 0 spiro atoms. The number of carbonyl (C=O) groups is 4. The van der Waals surface area contributed by atoms with Gasteiger partial charge in [0.25, 0.3) is 0 Å². The van der Waals surface area contributed by atoms with Crippen molar-refractivity contribution in [3.8, 4) is 34.3 Å². The molecule has 2 aliphatic heterocycles. The molecule has 0 saturated carbocycles. The maximum absolute atomic E-state index is 13.3. The summed E-state index contributed by atoms with van der Waals surface area (Å²) < 4.78 is 16.6. The molecule has 3 heterocycles. The topological polar surface area (TPSA) is 143 Å². The van der Waals surface area contributed by atoms with E-state index in [0.717, 1.165) is 35.1 Å². The van der Waals surface area contributed by atoms with Crippen LogP contribution in [0.25, 0.3) is 22.8 Å². The zero-order valence-electron chi connectivity index (χ0n) is 30.8. The molecule has 4 aromatic carbocycles. The normalized spacial score (nSPS) is 16.5. The van der Waals surface area contributed by atoms with Crippen LogP contribution in [-0.4, -0.2) is 77.8 Å². The molecule has 0 unspecified atom stereocenters. The number of hydrogen-bond acceptors (Lipinski definition) is 8. The fraction of sp³-hybridized carbons (Fsp3) is 0.279. The first kappa shape index (κ1) is 36.9. The van der Waals surface area contributed by atoms with E-state index in [0.29, 0.717) is 60.5 Å². The summed E-state index contributed by atoms with van der Waals surface area (Å²) in [5.41, 5.74) is 4.40. The Bertz CT molecular complexity index is 2010. The Morgan fingerprint density at radius 1 is 0.673 bits per heavy atom. The molecule has 2 aliphatic rings. The molecule has 2 fully saturated rings. The SMILES string of the molecule is COc1cccc(CC(=O)N2CCC[C@H]2C(=O)Nc2ccc(-c3cnc(-c4ccc(NC(=O)[C@@H]5CCCN5C(=O)Cc5cccc(OC)c5)cc4)o3)cc2)c1. The number of oxazole rings is 1.